The van der Waals surface area contributed by atoms with Gasteiger partial charge in [0.25, 0.3) is 0 Å². The number of nitrogens with zero attached hydrogens (tertiary/aromatic N) is 2. The van der Waals surface area contributed by atoms with Crippen molar-refractivity contribution in [3.8, 4) is 0 Å². The molecule has 0 saturated heterocycles. The fourth-order valence-electron chi connectivity index (χ4n) is 3.62. The largest absolute Gasteiger partial charge is 0.355 e. The first kappa shape index (κ1) is 27.7. The number of sulfonamides is 1. The van der Waals surface area contributed by atoms with Crippen molar-refractivity contribution in [3.63, 3.8) is 0 Å². The number of anilines is 1. The fraction of sp³-hybridized carbons (Fsp3) is 0.440. The van der Waals surface area contributed by atoms with Crippen molar-refractivity contribution in [2.75, 3.05) is 23.7 Å². The van der Waals surface area contributed by atoms with Crippen molar-refractivity contribution >= 4 is 39.1 Å². The molecule has 0 radical (unpaired) electrons. The number of carbonyl (C=O) groups is 2. The number of carbonyl (C=O) groups excluding carboxylic acids is 2. The predicted molar refractivity (Wildman–Crippen MR) is 137 cm³/mol. The molecule has 1 N–H and O–H groups in total. The Morgan fingerprint density at radius 2 is 1.71 bits per heavy atom. The van der Waals surface area contributed by atoms with Crippen molar-refractivity contribution in [2.24, 2.45) is 0 Å². The number of benzene rings is 2. The Balaban J connectivity index is 2.15. The zero-order valence-corrected chi connectivity index (χ0v) is 21.8. The maximum Gasteiger partial charge on any atom is 0.242 e. The molecule has 2 rings (SSSR count). The van der Waals surface area contributed by atoms with Gasteiger partial charge in [0.15, 0.2) is 0 Å². The number of hydrogen-bond donors (Lipinski definition) is 1. The predicted octanol–water partition coefficient (Wildman–Crippen LogP) is 4.00. The zero-order chi connectivity index (χ0) is 25.3. The number of rotatable bonds is 12. The molecule has 0 heterocycles. The van der Waals surface area contributed by atoms with E-state index in [9.17, 15) is 18.0 Å². The molecule has 7 nitrogen and oxygen atoms in total. The van der Waals surface area contributed by atoms with Gasteiger partial charge in [-0.05, 0) is 56.0 Å². The number of amides is 2. The number of aryl methyl sites for hydroxylation is 1. The smallest absolute Gasteiger partial charge is 0.242 e. The number of likely N-dealkylation sites (N-methyl/N-ethyl adjacent to an activating group) is 1. The molecule has 0 aliphatic carbocycles. The van der Waals surface area contributed by atoms with Gasteiger partial charge in [-0.2, -0.15) is 0 Å². The molecule has 0 saturated carbocycles. The highest BCUT2D eigenvalue weighted by Gasteiger charge is 2.26. The Hall–Kier alpha value is -2.58. The Kier molecular flexibility index (Phi) is 10.4. The maximum atomic E-state index is 13.2. The molecule has 2 amide bonds. The molecule has 0 aliphatic rings. The second kappa shape index (κ2) is 12.8. The summed E-state index contributed by atoms with van der Waals surface area (Å²) in [6.07, 6.45) is 2.41. The van der Waals surface area contributed by atoms with Crippen LogP contribution in [0.2, 0.25) is 5.02 Å². The first-order chi connectivity index (χ1) is 16.1. The van der Waals surface area contributed by atoms with E-state index in [1.54, 1.807) is 31.2 Å². The standard InChI is InChI=1S/C25H34ClN3O4S/c1-5-20-13-15-22(16-14-20)29(34(4,32)33)17-9-12-24(30)28(19(3)25(31)27-6-2)18-21-10-7-8-11-23(21)26/h7-8,10-11,13-16,19H,5-6,9,12,17-18H2,1-4H3,(H,27,31)/t19-/m0/s1. The van der Waals surface area contributed by atoms with E-state index in [-0.39, 0.29) is 31.3 Å². The zero-order valence-electron chi connectivity index (χ0n) is 20.3. The van der Waals surface area contributed by atoms with E-state index in [1.165, 1.54) is 9.21 Å². The molecular weight excluding hydrogens is 474 g/mol. The first-order valence-corrected chi connectivity index (χ1v) is 13.7. The second-order valence-electron chi connectivity index (χ2n) is 8.14. The Morgan fingerprint density at radius 1 is 1.06 bits per heavy atom. The lowest BCUT2D eigenvalue weighted by Crippen LogP contribution is -2.47. The lowest BCUT2D eigenvalue weighted by molar-refractivity contribution is -0.140. The maximum absolute atomic E-state index is 13.2. The Labute approximate surface area is 208 Å². The van der Waals surface area contributed by atoms with Crippen molar-refractivity contribution in [3.05, 3.63) is 64.7 Å². The average Bonchev–Trinajstić information content (AvgIpc) is 2.80. The molecule has 0 spiro atoms. The van der Waals surface area contributed by atoms with E-state index in [2.05, 4.69) is 5.32 Å². The summed E-state index contributed by atoms with van der Waals surface area (Å²) >= 11 is 6.29. The minimum Gasteiger partial charge on any atom is -0.355 e. The summed E-state index contributed by atoms with van der Waals surface area (Å²) in [5.41, 5.74) is 2.42. The summed E-state index contributed by atoms with van der Waals surface area (Å²) in [6, 6.07) is 13.9. The van der Waals surface area contributed by atoms with E-state index in [0.29, 0.717) is 23.7 Å². The molecule has 0 aliphatic heterocycles. The lowest BCUT2D eigenvalue weighted by Gasteiger charge is -2.29. The topological polar surface area (TPSA) is 86.8 Å². The second-order valence-corrected chi connectivity index (χ2v) is 10.5. The van der Waals surface area contributed by atoms with Crippen LogP contribution in [0.1, 0.15) is 44.7 Å². The third-order valence-electron chi connectivity index (χ3n) is 5.60. The lowest BCUT2D eigenvalue weighted by atomic mass is 10.1. The van der Waals surface area contributed by atoms with Crippen LogP contribution in [0.5, 0.6) is 0 Å². The van der Waals surface area contributed by atoms with Gasteiger partial charge < -0.3 is 10.2 Å². The van der Waals surface area contributed by atoms with Crippen LogP contribution in [0.15, 0.2) is 48.5 Å². The van der Waals surface area contributed by atoms with Gasteiger partial charge in [-0.3, -0.25) is 13.9 Å². The Bertz CT molecular complexity index is 1070. The van der Waals surface area contributed by atoms with Crippen LogP contribution in [0.25, 0.3) is 0 Å². The monoisotopic (exact) mass is 507 g/mol. The van der Waals surface area contributed by atoms with Gasteiger partial charge in [-0.15, -0.1) is 0 Å². The van der Waals surface area contributed by atoms with Crippen LogP contribution in [-0.4, -0.2) is 50.5 Å². The summed E-state index contributed by atoms with van der Waals surface area (Å²) < 4.78 is 26.1. The minimum atomic E-state index is -3.52. The van der Waals surface area contributed by atoms with E-state index >= 15 is 0 Å². The van der Waals surface area contributed by atoms with Crippen molar-refractivity contribution < 1.29 is 18.0 Å². The summed E-state index contributed by atoms with van der Waals surface area (Å²) in [6.45, 7) is 6.33. The fourth-order valence-corrected chi connectivity index (χ4v) is 4.78. The molecule has 186 valence electrons. The van der Waals surface area contributed by atoms with Gasteiger partial charge in [0, 0.05) is 31.1 Å². The summed E-state index contributed by atoms with van der Waals surface area (Å²) in [5, 5.41) is 3.27. The van der Waals surface area contributed by atoms with Crippen LogP contribution in [0.4, 0.5) is 5.69 Å². The van der Waals surface area contributed by atoms with Crippen LogP contribution in [0.3, 0.4) is 0 Å². The number of halogens is 1. The molecule has 2 aromatic rings. The van der Waals surface area contributed by atoms with Crippen molar-refractivity contribution in [2.45, 2.75) is 52.6 Å². The summed E-state index contributed by atoms with van der Waals surface area (Å²) in [4.78, 5) is 27.2. The average molecular weight is 508 g/mol. The highest BCUT2D eigenvalue weighted by atomic mass is 35.5. The molecule has 0 unspecified atom stereocenters. The van der Waals surface area contributed by atoms with Crippen LogP contribution in [-0.2, 0) is 32.6 Å². The third-order valence-corrected chi connectivity index (χ3v) is 7.16. The molecule has 0 fully saturated rings. The van der Waals surface area contributed by atoms with Crippen LogP contribution in [0, 0.1) is 0 Å². The summed E-state index contributed by atoms with van der Waals surface area (Å²) in [7, 11) is -3.52. The molecule has 9 heteroatoms. The molecule has 34 heavy (non-hydrogen) atoms. The van der Waals surface area contributed by atoms with Gasteiger partial charge in [-0.25, -0.2) is 8.42 Å². The van der Waals surface area contributed by atoms with Crippen molar-refractivity contribution in [1.29, 1.82) is 0 Å². The minimum absolute atomic E-state index is 0.0905. The van der Waals surface area contributed by atoms with Crippen molar-refractivity contribution in [1.82, 2.24) is 10.2 Å². The summed E-state index contributed by atoms with van der Waals surface area (Å²) in [5.74, 6) is -0.495. The van der Waals surface area contributed by atoms with E-state index in [0.717, 1.165) is 23.8 Å². The van der Waals surface area contributed by atoms with E-state index < -0.39 is 16.1 Å². The molecular formula is C25H34ClN3O4S. The van der Waals surface area contributed by atoms with Gasteiger partial charge in [-0.1, -0.05) is 48.9 Å². The van der Waals surface area contributed by atoms with Gasteiger partial charge in [0.05, 0.1) is 11.9 Å². The van der Waals surface area contributed by atoms with Gasteiger partial charge >= 0.3 is 0 Å². The van der Waals surface area contributed by atoms with E-state index in [4.69, 9.17) is 11.6 Å². The van der Waals surface area contributed by atoms with Crippen LogP contribution < -0.4 is 9.62 Å². The Morgan fingerprint density at radius 3 is 2.26 bits per heavy atom. The first-order valence-electron chi connectivity index (χ1n) is 11.5. The molecule has 0 aromatic heterocycles. The highest BCUT2D eigenvalue weighted by molar-refractivity contribution is 7.92. The molecule has 2 aromatic carbocycles. The third kappa shape index (κ3) is 7.74. The van der Waals surface area contributed by atoms with Gasteiger partial charge in [0.2, 0.25) is 21.8 Å². The molecule has 0 bridgehead atoms. The number of hydrogen-bond acceptors (Lipinski definition) is 4. The molecule has 1 atom stereocenters. The van der Waals surface area contributed by atoms with Crippen LogP contribution >= 0.6 is 11.6 Å². The number of nitrogens with one attached hydrogen (secondary N) is 1. The normalized spacial score (nSPS) is 12.1. The van der Waals surface area contributed by atoms with Gasteiger partial charge in [0.1, 0.15) is 6.04 Å². The SMILES string of the molecule is CCNC(=O)[C@H](C)N(Cc1ccccc1Cl)C(=O)CCCN(c1ccc(CC)cc1)S(C)(=O)=O. The quantitative estimate of drug-likeness (QED) is 0.470. The van der Waals surface area contributed by atoms with E-state index in [1.807, 2.05) is 38.1 Å². The highest BCUT2D eigenvalue weighted by Crippen LogP contribution is 2.21.